The molecule has 8 heavy (non-hydrogen) atoms. The second-order valence-corrected chi connectivity index (χ2v) is 1.98. The van der Waals surface area contributed by atoms with Gasteiger partial charge in [-0.25, -0.2) is 0 Å². The van der Waals surface area contributed by atoms with Crippen LogP contribution in [0.2, 0.25) is 0 Å². The summed E-state index contributed by atoms with van der Waals surface area (Å²) in [4.78, 5) is 1.84. The van der Waals surface area contributed by atoms with Crippen LogP contribution in [0.5, 0.6) is 0 Å². The maximum atomic E-state index is 3.73. The van der Waals surface area contributed by atoms with Gasteiger partial charge in [-0.2, -0.15) is 0 Å². The Labute approximate surface area is 58.6 Å². The van der Waals surface area contributed by atoms with Crippen LogP contribution in [0.4, 0.5) is 0 Å². The van der Waals surface area contributed by atoms with Crippen LogP contribution in [0.25, 0.3) is 0 Å². The van der Waals surface area contributed by atoms with Crippen molar-refractivity contribution in [2.24, 2.45) is 0 Å². The third-order valence-electron chi connectivity index (χ3n) is 0.941. The van der Waals surface area contributed by atoms with Crippen LogP contribution in [0.15, 0.2) is 22.8 Å². The van der Waals surface area contributed by atoms with Crippen molar-refractivity contribution in [3.8, 4) is 0 Å². The second kappa shape index (κ2) is 3.72. The van der Waals surface area contributed by atoms with Gasteiger partial charge in [0, 0.05) is 12.7 Å². The first-order chi connectivity index (χ1) is 3.72. The Hall–Kier alpha value is -0.240. The van der Waals surface area contributed by atoms with Gasteiger partial charge in [0.25, 0.3) is 0 Å². The lowest BCUT2D eigenvalue weighted by Gasteiger charge is -2.00. The van der Waals surface area contributed by atoms with Crippen molar-refractivity contribution in [1.29, 1.82) is 0 Å². The fraction of sp³-hybridized carbons (Fsp3) is 0.333. The average molecular weight is 176 g/mol. The van der Waals surface area contributed by atoms with Crippen LogP contribution in [0.1, 0.15) is 6.92 Å². The first kappa shape index (κ1) is 7.76. The maximum Gasteiger partial charge on any atom is 0.0299 e. The SMILES string of the molecule is C=C(NC)/C(C)=C/Br. The molecule has 0 aromatic rings. The van der Waals surface area contributed by atoms with Gasteiger partial charge in [-0.15, -0.1) is 0 Å². The Morgan fingerprint density at radius 3 is 2.38 bits per heavy atom. The number of nitrogens with one attached hydrogen (secondary N) is 1. The Bertz CT molecular complexity index is 116. The zero-order valence-corrected chi connectivity index (χ0v) is 6.75. The van der Waals surface area contributed by atoms with E-state index in [1.54, 1.807) is 0 Å². The van der Waals surface area contributed by atoms with Crippen LogP contribution in [-0.4, -0.2) is 7.05 Å². The standard InChI is InChI=1S/C6H10BrN/c1-5(4-7)6(2)8-3/h4,8H,2H2,1,3H3/b5-4+. The van der Waals surface area contributed by atoms with Gasteiger partial charge in [-0.05, 0) is 17.5 Å². The summed E-state index contributed by atoms with van der Waals surface area (Å²) < 4.78 is 0. The first-order valence-corrected chi connectivity index (χ1v) is 3.28. The van der Waals surface area contributed by atoms with Crippen molar-refractivity contribution in [2.75, 3.05) is 7.05 Å². The van der Waals surface area contributed by atoms with Gasteiger partial charge in [-0.1, -0.05) is 22.5 Å². The maximum absolute atomic E-state index is 3.73. The zero-order valence-electron chi connectivity index (χ0n) is 5.16. The molecule has 0 unspecified atom stereocenters. The molecule has 0 spiro atoms. The van der Waals surface area contributed by atoms with Gasteiger partial charge in [0.2, 0.25) is 0 Å². The van der Waals surface area contributed by atoms with E-state index >= 15 is 0 Å². The highest BCUT2D eigenvalue weighted by Gasteiger charge is 1.87. The average Bonchev–Trinajstić information content (AvgIpc) is 1.84. The first-order valence-electron chi connectivity index (χ1n) is 2.36. The number of rotatable bonds is 2. The predicted octanol–water partition coefficient (Wildman–Crippen LogP) is 2.02. The molecular weight excluding hydrogens is 166 g/mol. The minimum Gasteiger partial charge on any atom is -0.388 e. The molecule has 0 atom stereocenters. The lowest BCUT2D eigenvalue weighted by molar-refractivity contribution is 1.01. The molecule has 0 saturated heterocycles. The van der Waals surface area contributed by atoms with Crippen LogP contribution in [-0.2, 0) is 0 Å². The summed E-state index contributed by atoms with van der Waals surface area (Å²) in [5.74, 6) is 0. The molecular formula is C6H10BrN. The summed E-state index contributed by atoms with van der Waals surface area (Å²) in [6, 6.07) is 0. The van der Waals surface area contributed by atoms with Crippen LogP contribution in [0.3, 0.4) is 0 Å². The lowest BCUT2D eigenvalue weighted by atomic mass is 10.3. The molecule has 0 aromatic heterocycles. The van der Waals surface area contributed by atoms with Gasteiger partial charge in [0.15, 0.2) is 0 Å². The molecule has 0 fully saturated rings. The third-order valence-corrected chi connectivity index (χ3v) is 1.63. The highest BCUT2D eigenvalue weighted by molar-refractivity contribution is 9.11. The highest BCUT2D eigenvalue weighted by atomic mass is 79.9. The van der Waals surface area contributed by atoms with Crippen molar-refractivity contribution in [2.45, 2.75) is 6.92 Å². The lowest BCUT2D eigenvalue weighted by Crippen LogP contribution is -2.04. The largest absolute Gasteiger partial charge is 0.388 e. The Kier molecular flexibility index (Phi) is 3.61. The van der Waals surface area contributed by atoms with E-state index in [-0.39, 0.29) is 0 Å². The van der Waals surface area contributed by atoms with E-state index in [4.69, 9.17) is 0 Å². The minimum absolute atomic E-state index is 0.946. The summed E-state index contributed by atoms with van der Waals surface area (Å²) in [7, 11) is 1.85. The highest BCUT2D eigenvalue weighted by Crippen LogP contribution is 2.03. The molecule has 0 amide bonds. The van der Waals surface area contributed by atoms with Gasteiger partial charge >= 0.3 is 0 Å². The normalized spacial score (nSPS) is 11.1. The van der Waals surface area contributed by atoms with Gasteiger partial charge < -0.3 is 5.32 Å². The number of likely N-dealkylation sites (N-methyl/N-ethyl adjacent to an activating group) is 1. The molecule has 46 valence electrons. The summed E-state index contributed by atoms with van der Waals surface area (Å²) in [5, 5.41) is 2.92. The molecule has 0 heterocycles. The minimum atomic E-state index is 0.946. The summed E-state index contributed by atoms with van der Waals surface area (Å²) in [6.07, 6.45) is 0. The Morgan fingerprint density at radius 2 is 2.25 bits per heavy atom. The second-order valence-electron chi connectivity index (χ2n) is 1.52. The van der Waals surface area contributed by atoms with E-state index < -0.39 is 0 Å². The van der Waals surface area contributed by atoms with E-state index in [0.29, 0.717) is 0 Å². The van der Waals surface area contributed by atoms with E-state index in [2.05, 4.69) is 27.8 Å². The number of allylic oxidation sites excluding steroid dienone is 1. The summed E-state index contributed by atoms with van der Waals surface area (Å²) >= 11 is 3.19. The predicted molar refractivity (Wildman–Crippen MR) is 40.9 cm³/mol. The molecule has 0 radical (unpaired) electrons. The molecule has 0 aliphatic heterocycles. The van der Waals surface area contributed by atoms with Gasteiger partial charge in [0.1, 0.15) is 0 Å². The molecule has 0 aromatic carbocycles. The summed E-state index contributed by atoms with van der Waals surface area (Å²) in [6.45, 7) is 5.71. The van der Waals surface area contributed by atoms with Crippen molar-refractivity contribution in [1.82, 2.24) is 5.32 Å². The fourth-order valence-electron chi connectivity index (χ4n) is 0.263. The van der Waals surface area contributed by atoms with Crippen molar-refractivity contribution in [3.63, 3.8) is 0 Å². The van der Waals surface area contributed by atoms with E-state index in [9.17, 15) is 0 Å². The fourth-order valence-corrected chi connectivity index (χ4v) is 0.539. The molecule has 1 N–H and O–H groups in total. The Morgan fingerprint density at radius 1 is 1.75 bits per heavy atom. The van der Waals surface area contributed by atoms with Gasteiger partial charge in [-0.3, -0.25) is 0 Å². The third kappa shape index (κ3) is 2.17. The topological polar surface area (TPSA) is 12.0 Å². The van der Waals surface area contributed by atoms with Crippen LogP contribution < -0.4 is 5.32 Å². The monoisotopic (exact) mass is 175 g/mol. The molecule has 1 nitrogen and oxygen atoms in total. The molecule has 0 rings (SSSR count). The summed E-state index contributed by atoms with van der Waals surface area (Å²) in [5.41, 5.74) is 2.06. The zero-order chi connectivity index (χ0) is 6.57. The van der Waals surface area contributed by atoms with Crippen molar-refractivity contribution < 1.29 is 0 Å². The number of hydrogen-bond acceptors (Lipinski definition) is 1. The molecule has 0 saturated carbocycles. The molecule has 0 aliphatic rings. The smallest absolute Gasteiger partial charge is 0.0299 e. The van der Waals surface area contributed by atoms with E-state index in [0.717, 1.165) is 11.3 Å². The van der Waals surface area contributed by atoms with Crippen LogP contribution >= 0.6 is 15.9 Å². The van der Waals surface area contributed by atoms with E-state index in [1.165, 1.54) is 0 Å². The number of hydrogen-bond donors (Lipinski definition) is 1. The molecule has 2 heteroatoms. The van der Waals surface area contributed by atoms with Gasteiger partial charge in [0.05, 0.1) is 0 Å². The number of halogens is 1. The molecule has 0 bridgehead atoms. The quantitative estimate of drug-likeness (QED) is 0.634. The van der Waals surface area contributed by atoms with Crippen molar-refractivity contribution in [3.05, 3.63) is 22.8 Å². The van der Waals surface area contributed by atoms with Crippen molar-refractivity contribution >= 4 is 15.9 Å². The van der Waals surface area contributed by atoms with Crippen LogP contribution in [0, 0.1) is 0 Å². The van der Waals surface area contributed by atoms with E-state index in [1.807, 2.05) is 19.0 Å². The Balaban J connectivity index is 3.83. The molecule has 0 aliphatic carbocycles.